The quantitative estimate of drug-likeness (QED) is 0.907. The Morgan fingerprint density at radius 2 is 1.89 bits per heavy atom. The second-order valence-corrected chi connectivity index (χ2v) is 5.25. The Labute approximate surface area is 121 Å². The van der Waals surface area contributed by atoms with Gasteiger partial charge in [0.15, 0.2) is 0 Å². The standard InChI is InChI=1S/C14H17BrN4/c1-3-12-18-13(16)9(2)14(19-12)17-8-10-4-6-11(15)7-5-10/h4-7H,3,8H2,1-2H3,(H3,16,17,18,19). The number of hydrogen-bond donors (Lipinski definition) is 2. The van der Waals surface area contributed by atoms with Gasteiger partial charge >= 0.3 is 0 Å². The summed E-state index contributed by atoms with van der Waals surface area (Å²) in [6, 6.07) is 8.18. The predicted molar refractivity (Wildman–Crippen MR) is 82.0 cm³/mol. The molecule has 0 atom stereocenters. The monoisotopic (exact) mass is 320 g/mol. The number of rotatable bonds is 4. The maximum absolute atomic E-state index is 5.89. The third-order valence-corrected chi connectivity index (χ3v) is 3.45. The van der Waals surface area contributed by atoms with Gasteiger partial charge in [0.25, 0.3) is 0 Å². The number of nitrogens with one attached hydrogen (secondary N) is 1. The number of nitrogens with zero attached hydrogens (tertiary/aromatic N) is 2. The van der Waals surface area contributed by atoms with Crippen LogP contribution in [0.5, 0.6) is 0 Å². The first-order valence-electron chi connectivity index (χ1n) is 6.21. The van der Waals surface area contributed by atoms with Gasteiger partial charge < -0.3 is 11.1 Å². The number of aryl methyl sites for hydroxylation is 1. The van der Waals surface area contributed by atoms with E-state index in [-0.39, 0.29) is 0 Å². The number of anilines is 2. The Bertz CT molecular complexity index is 566. The van der Waals surface area contributed by atoms with Crippen molar-refractivity contribution in [1.29, 1.82) is 0 Å². The van der Waals surface area contributed by atoms with E-state index in [2.05, 4.69) is 43.3 Å². The van der Waals surface area contributed by atoms with Crippen molar-refractivity contribution in [3.63, 3.8) is 0 Å². The smallest absolute Gasteiger partial charge is 0.135 e. The van der Waals surface area contributed by atoms with E-state index in [9.17, 15) is 0 Å². The molecule has 1 aromatic carbocycles. The third kappa shape index (κ3) is 3.44. The molecule has 0 unspecified atom stereocenters. The highest BCUT2D eigenvalue weighted by Crippen LogP contribution is 2.18. The third-order valence-electron chi connectivity index (χ3n) is 2.92. The van der Waals surface area contributed by atoms with Crippen LogP contribution in [0.15, 0.2) is 28.7 Å². The van der Waals surface area contributed by atoms with E-state index in [1.54, 1.807) is 0 Å². The van der Waals surface area contributed by atoms with Gasteiger partial charge in [0.2, 0.25) is 0 Å². The summed E-state index contributed by atoms with van der Waals surface area (Å²) < 4.78 is 1.08. The molecule has 0 aliphatic heterocycles. The van der Waals surface area contributed by atoms with Crippen LogP contribution < -0.4 is 11.1 Å². The first-order valence-corrected chi connectivity index (χ1v) is 7.00. The van der Waals surface area contributed by atoms with Crippen LogP contribution in [0, 0.1) is 6.92 Å². The van der Waals surface area contributed by atoms with Crippen molar-refractivity contribution < 1.29 is 0 Å². The molecule has 0 saturated carbocycles. The van der Waals surface area contributed by atoms with E-state index >= 15 is 0 Å². The zero-order valence-corrected chi connectivity index (χ0v) is 12.7. The second-order valence-electron chi connectivity index (χ2n) is 4.33. The van der Waals surface area contributed by atoms with Crippen molar-refractivity contribution in [2.45, 2.75) is 26.8 Å². The summed E-state index contributed by atoms with van der Waals surface area (Å²) in [5.74, 6) is 2.12. The molecular weight excluding hydrogens is 304 g/mol. The first-order chi connectivity index (χ1) is 9.10. The number of hydrogen-bond acceptors (Lipinski definition) is 4. The molecule has 1 aromatic heterocycles. The fourth-order valence-electron chi connectivity index (χ4n) is 1.70. The maximum Gasteiger partial charge on any atom is 0.135 e. The molecule has 4 nitrogen and oxygen atoms in total. The van der Waals surface area contributed by atoms with Crippen molar-refractivity contribution in [1.82, 2.24) is 9.97 Å². The van der Waals surface area contributed by atoms with E-state index < -0.39 is 0 Å². The van der Waals surface area contributed by atoms with Crippen molar-refractivity contribution in [2.24, 2.45) is 0 Å². The minimum atomic E-state index is 0.546. The maximum atomic E-state index is 5.89. The molecule has 0 fully saturated rings. The number of halogens is 1. The minimum Gasteiger partial charge on any atom is -0.383 e. The van der Waals surface area contributed by atoms with Crippen LogP contribution in [0.2, 0.25) is 0 Å². The van der Waals surface area contributed by atoms with E-state index in [0.29, 0.717) is 12.4 Å². The van der Waals surface area contributed by atoms with Crippen LogP contribution in [0.4, 0.5) is 11.6 Å². The zero-order chi connectivity index (χ0) is 13.8. The van der Waals surface area contributed by atoms with E-state index in [4.69, 9.17) is 5.73 Å². The average molecular weight is 321 g/mol. The summed E-state index contributed by atoms with van der Waals surface area (Å²) in [6.07, 6.45) is 0.775. The lowest BCUT2D eigenvalue weighted by molar-refractivity contribution is 0.928. The van der Waals surface area contributed by atoms with Crippen molar-refractivity contribution >= 4 is 27.6 Å². The van der Waals surface area contributed by atoms with Gasteiger partial charge in [-0.1, -0.05) is 35.0 Å². The van der Waals surface area contributed by atoms with Crippen LogP contribution in [0.25, 0.3) is 0 Å². The molecule has 1 heterocycles. The van der Waals surface area contributed by atoms with E-state index in [1.807, 2.05) is 26.0 Å². The summed E-state index contributed by atoms with van der Waals surface area (Å²) in [4.78, 5) is 8.71. The SMILES string of the molecule is CCc1nc(N)c(C)c(NCc2ccc(Br)cc2)n1. The average Bonchev–Trinajstić information content (AvgIpc) is 2.42. The summed E-state index contributed by atoms with van der Waals surface area (Å²) in [6.45, 7) is 4.66. The molecule has 100 valence electrons. The molecule has 5 heteroatoms. The molecule has 0 amide bonds. The van der Waals surface area contributed by atoms with Gasteiger partial charge in [0.05, 0.1) is 0 Å². The zero-order valence-electron chi connectivity index (χ0n) is 11.1. The highest BCUT2D eigenvalue weighted by Gasteiger charge is 2.07. The van der Waals surface area contributed by atoms with E-state index in [1.165, 1.54) is 5.56 Å². The van der Waals surface area contributed by atoms with Gasteiger partial charge in [-0.25, -0.2) is 9.97 Å². The molecule has 0 radical (unpaired) electrons. The molecular formula is C14H17BrN4. The largest absolute Gasteiger partial charge is 0.383 e. The van der Waals surface area contributed by atoms with Crippen molar-refractivity contribution in [2.75, 3.05) is 11.1 Å². The van der Waals surface area contributed by atoms with Gasteiger partial charge in [-0.2, -0.15) is 0 Å². The lowest BCUT2D eigenvalue weighted by Gasteiger charge is -2.11. The van der Waals surface area contributed by atoms with Gasteiger partial charge in [-0.05, 0) is 24.6 Å². The topological polar surface area (TPSA) is 63.8 Å². The number of nitrogens with two attached hydrogens (primary N) is 1. The van der Waals surface area contributed by atoms with Gasteiger partial charge in [0, 0.05) is 23.0 Å². The number of nitrogen functional groups attached to an aromatic ring is 1. The normalized spacial score (nSPS) is 10.5. The fraction of sp³-hybridized carbons (Fsp3) is 0.286. The molecule has 0 saturated heterocycles. The van der Waals surface area contributed by atoms with Crippen LogP contribution >= 0.6 is 15.9 Å². The molecule has 0 aliphatic rings. The Kier molecular flexibility index (Phi) is 4.37. The summed E-state index contributed by atoms with van der Waals surface area (Å²) in [7, 11) is 0. The van der Waals surface area contributed by atoms with Gasteiger partial charge in [-0.15, -0.1) is 0 Å². The van der Waals surface area contributed by atoms with Crippen LogP contribution in [-0.2, 0) is 13.0 Å². The van der Waals surface area contributed by atoms with Crippen LogP contribution in [0.1, 0.15) is 23.9 Å². The molecule has 3 N–H and O–H groups in total. The van der Waals surface area contributed by atoms with Gasteiger partial charge in [0.1, 0.15) is 17.5 Å². The Morgan fingerprint density at radius 1 is 1.21 bits per heavy atom. The fourth-order valence-corrected chi connectivity index (χ4v) is 1.96. The molecule has 0 spiro atoms. The molecule has 0 bridgehead atoms. The number of aromatic nitrogens is 2. The lowest BCUT2D eigenvalue weighted by Crippen LogP contribution is -2.09. The second kappa shape index (κ2) is 6.02. The highest BCUT2D eigenvalue weighted by molar-refractivity contribution is 9.10. The minimum absolute atomic E-state index is 0.546. The Morgan fingerprint density at radius 3 is 2.53 bits per heavy atom. The molecule has 0 aliphatic carbocycles. The van der Waals surface area contributed by atoms with Crippen LogP contribution in [0.3, 0.4) is 0 Å². The summed E-state index contributed by atoms with van der Waals surface area (Å²) in [5.41, 5.74) is 7.98. The lowest BCUT2D eigenvalue weighted by atomic mass is 10.2. The Balaban J connectivity index is 2.14. The van der Waals surface area contributed by atoms with Crippen molar-refractivity contribution in [3.05, 3.63) is 45.7 Å². The summed E-state index contributed by atoms with van der Waals surface area (Å²) >= 11 is 3.42. The van der Waals surface area contributed by atoms with E-state index in [0.717, 1.165) is 28.1 Å². The summed E-state index contributed by atoms with van der Waals surface area (Å²) in [5, 5.41) is 3.32. The molecule has 2 rings (SSSR count). The Hall–Kier alpha value is -1.62. The number of benzene rings is 1. The molecule has 2 aromatic rings. The van der Waals surface area contributed by atoms with Crippen LogP contribution in [-0.4, -0.2) is 9.97 Å². The van der Waals surface area contributed by atoms with Gasteiger partial charge in [-0.3, -0.25) is 0 Å². The van der Waals surface area contributed by atoms with Crippen molar-refractivity contribution in [3.8, 4) is 0 Å². The highest BCUT2D eigenvalue weighted by atomic mass is 79.9. The predicted octanol–water partition coefficient (Wildman–Crippen LogP) is 3.30. The first kappa shape index (κ1) is 13.8. The molecule has 19 heavy (non-hydrogen) atoms.